The maximum Gasteiger partial charge on any atom is 0.224 e. The van der Waals surface area contributed by atoms with E-state index in [0.29, 0.717) is 18.7 Å². The minimum absolute atomic E-state index is 0. The molecule has 0 heterocycles. The van der Waals surface area contributed by atoms with E-state index in [2.05, 4.69) is 20.9 Å². The highest BCUT2D eigenvalue weighted by molar-refractivity contribution is 14.0. The minimum Gasteiger partial charge on any atom is -0.385 e. The fraction of sp³-hybridized carbons (Fsp3) is 0.619. The second-order valence-corrected chi connectivity index (χ2v) is 7.46. The van der Waals surface area contributed by atoms with Crippen LogP contribution >= 0.6 is 24.0 Å². The van der Waals surface area contributed by atoms with E-state index in [-0.39, 0.29) is 47.5 Å². The van der Waals surface area contributed by atoms with Gasteiger partial charge in [-0.05, 0) is 42.4 Å². The number of benzene rings is 1. The van der Waals surface area contributed by atoms with Crippen LogP contribution < -0.4 is 16.0 Å². The normalized spacial score (nSPS) is 15.5. The number of carbonyl (C=O) groups excluding carboxylic acids is 1. The number of methoxy groups -OCH3 is 1. The number of nitrogens with zero attached hydrogens (tertiary/aromatic N) is 1. The number of rotatable bonds is 10. The van der Waals surface area contributed by atoms with Crippen LogP contribution in [0.25, 0.3) is 0 Å². The van der Waals surface area contributed by atoms with Crippen LogP contribution in [0.1, 0.15) is 37.7 Å². The van der Waals surface area contributed by atoms with E-state index in [9.17, 15) is 9.18 Å². The lowest BCUT2D eigenvalue weighted by Crippen LogP contribution is -2.45. The highest BCUT2D eigenvalue weighted by atomic mass is 127. The molecule has 6 nitrogen and oxygen atoms in total. The predicted molar refractivity (Wildman–Crippen MR) is 125 cm³/mol. The lowest BCUT2D eigenvalue weighted by Gasteiger charge is -2.30. The van der Waals surface area contributed by atoms with Crippen molar-refractivity contribution in [3.8, 4) is 0 Å². The number of guanidine groups is 1. The predicted octanol–water partition coefficient (Wildman–Crippen LogP) is 2.86. The zero-order valence-corrected chi connectivity index (χ0v) is 19.8. The number of carbonyl (C=O) groups is 1. The molecule has 164 valence electrons. The molecule has 1 aliphatic rings. The standard InChI is InChI=1S/C21H33FN4O2.HI/c1-23-20(26-16-21(10-13-28-2)8-3-4-9-21)25-12-11-24-19(27)15-17-6-5-7-18(22)14-17;/h5-7,14H,3-4,8-13,15-16H2,1-2H3,(H,24,27)(H2,23,25,26);1H. The lowest BCUT2D eigenvalue weighted by molar-refractivity contribution is -0.120. The van der Waals surface area contributed by atoms with Crippen LogP contribution in [0, 0.1) is 11.2 Å². The molecule has 0 spiro atoms. The van der Waals surface area contributed by atoms with Crippen molar-refractivity contribution in [2.45, 2.75) is 38.5 Å². The fourth-order valence-corrected chi connectivity index (χ4v) is 3.73. The number of amides is 1. The highest BCUT2D eigenvalue weighted by Crippen LogP contribution is 2.40. The summed E-state index contributed by atoms with van der Waals surface area (Å²) in [6, 6.07) is 6.11. The van der Waals surface area contributed by atoms with Crippen LogP contribution in [-0.2, 0) is 16.0 Å². The van der Waals surface area contributed by atoms with E-state index >= 15 is 0 Å². The Kier molecular flexibility index (Phi) is 12.1. The summed E-state index contributed by atoms with van der Waals surface area (Å²) in [6.07, 6.45) is 6.22. The van der Waals surface area contributed by atoms with Gasteiger partial charge in [0.1, 0.15) is 5.82 Å². The van der Waals surface area contributed by atoms with Crippen LogP contribution in [0.5, 0.6) is 0 Å². The van der Waals surface area contributed by atoms with E-state index in [0.717, 1.165) is 25.5 Å². The molecule has 0 unspecified atom stereocenters. The van der Waals surface area contributed by atoms with Crippen molar-refractivity contribution in [1.82, 2.24) is 16.0 Å². The van der Waals surface area contributed by atoms with Gasteiger partial charge >= 0.3 is 0 Å². The summed E-state index contributed by atoms with van der Waals surface area (Å²) in [5, 5.41) is 9.49. The van der Waals surface area contributed by atoms with Crippen molar-refractivity contribution < 1.29 is 13.9 Å². The van der Waals surface area contributed by atoms with Gasteiger partial charge in [-0.1, -0.05) is 25.0 Å². The molecule has 0 radical (unpaired) electrons. The maximum absolute atomic E-state index is 13.2. The van der Waals surface area contributed by atoms with Crippen molar-refractivity contribution in [1.29, 1.82) is 0 Å². The first-order valence-electron chi connectivity index (χ1n) is 10.0. The average Bonchev–Trinajstić information content (AvgIpc) is 3.15. The molecule has 8 heteroatoms. The van der Waals surface area contributed by atoms with Gasteiger partial charge in [0, 0.05) is 40.4 Å². The Morgan fingerprint density at radius 1 is 1.21 bits per heavy atom. The molecule has 1 aliphatic carbocycles. The van der Waals surface area contributed by atoms with Gasteiger partial charge in [0.25, 0.3) is 0 Å². The first-order chi connectivity index (χ1) is 13.6. The van der Waals surface area contributed by atoms with Gasteiger partial charge in [0.05, 0.1) is 6.42 Å². The van der Waals surface area contributed by atoms with Gasteiger partial charge < -0.3 is 20.7 Å². The lowest BCUT2D eigenvalue weighted by atomic mass is 9.83. The van der Waals surface area contributed by atoms with Gasteiger partial charge in [-0.15, -0.1) is 24.0 Å². The van der Waals surface area contributed by atoms with Crippen molar-refractivity contribution in [2.75, 3.05) is 40.4 Å². The molecule has 1 amide bonds. The van der Waals surface area contributed by atoms with Crippen molar-refractivity contribution in [3.63, 3.8) is 0 Å². The number of ether oxygens (including phenoxy) is 1. The summed E-state index contributed by atoms with van der Waals surface area (Å²) in [5.41, 5.74) is 0.952. The quantitative estimate of drug-likeness (QED) is 0.192. The Morgan fingerprint density at radius 3 is 2.59 bits per heavy atom. The summed E-state index contributed by atoms with van der Waals surface area (Å²) in [4.78, 5) is 16.2. The number of nitrogens with one attached hydrogen (secondary N) is 3. The SMILES string of the molecule is CN=C(NCCNC(=O)Cc1cccc(F)c1)NCC1(CCOC)CCCC1.I. The first kappa shape index (κ1) is 25.6. The third-order valence-electron chi connectivity index (χ3n) is 5.35. The third-order valence-corrected chi connectivity index (χ3v) is 5.35. The summed E-state index contributed by atoms with van der Waals surface area (Å²) in [7, 11) is 3.49. The summed E-state index contributed by atoms with van der Waals surface area (Å²) < 4.78 is 18.4. The third kappa shape index (κ3) is 9.29. The highest BCUT2D eigenvalue weighted by Gasteiger charge is 2.33. The van der Waals surface area contributed by atoms with Crippen molar-refractivity contribution in [3.05, 3.63) is 35.6 Å². The van der Waals surface area contributed by atoms with Crippen LogP contribution in [0.2, 0.25) is 0 Å². The van der Waals surface area contributed by atoms with Crippen molar-refractivity contribution in [2.24, 2.45) is 10.4 Å². The molecule has 1 saturated carbocycles. The molecule has 0 atom stereocenters. The second-order valence-electron chi connectivity index (χ2n) is 7.46. The van der Waals surface area contributed by atoms with Crippen LogP contribution in [0.3, 0.4) is 0 Å². The summed E-state index contributed by atoms with van der Waals surface area (Å²) in [6.45, 7) is 2.70. The minimum atomic E-state index is -0.327. The van der Waals surface area contributed by atoms with Gasteiger partial charge in [0.15, 0.2) is 5.96 Å². The molecule has 0 aromatic heterocycles. The molecular weight excluding hydrogens is 486 g/mol. The first-order valence-corrected chi connectivity index (χ1v) is 10.0. The topological polar surface area (TPSA) is 74.8 Å². The average molecular weight is 520 g/mol. The monoisotopic (exact) mass is 520 g/mol. The molecule has 1 aromatic carbocycles. The number of halogens is 2. The zero-order chi connectivity index (χ0) is 20.2. The van der Waals surface area contributed by atoms with E-state index in [4.69, 9.17) is 4.74 Å². The Morgan fingerprint density at radius 2 is 1.93 bits per heavy atom. The van der Waals surface area contributed by atoms with Gasteiger partial charge in [-0.3, -0.25) is 9.79 Å². The van der Waals surface area contributed by atoms with Gasteiger partial charge in [0.2, 0.25) is 5.91 Å². The largest absolute Gasteiger partial charge is 0.385 e. The van der Waals surface area contributed by atoms with Crippen LogP contribution in [-0.4, -0.2) is 52.3 Å². The van der Waals surface area contributed by atoms with Gasteiger partial charge in [-0.25, -0.2) is 4.39 Å². The molecular formula is C21H34FIN4O2. The van der Waals surface area contributed by atoms with E-state index in [1.165, 1.54) is 37.8 Å². The van der Waals surface area contributed by atoms with E-state index < -0.39 is 0 Å². The number of hydrogen-bond donors (Lipinski definition) is 3. The van der Waals surface area contributed by atoms with E-state index in [1.807, 2.05) is 0 Å². The molecule has 3 N–H and O–H groups in total. The summed E-state index contributed by atoms with van der Waals surface area (Å²) in [5.74, 6) is 0.287. The number of hydrogen-bond acceptors (Lipinski definition) is 3. The van der Waals surface area contributed by atoms with Crippen LogP contribution in [0.4, 0.5) is 4.39 Å². The molecule has 2 rings (SSSR count). The Hall–Kier alpha value is -1.42. The summed E-state index contributed by atoms with van der Waals surface area (Å²) >= 11 is 0. The molecule has 0 bridgehead atoms. The zero-order valence-electron chi connectivity index (χ0n) is 17.4. The van der Waals surface area contributed by atoms with Crippen LogP contribution in [0.15, 0.2) is 29.3 Å². The Bertz CT molecular complexity index is 651. The molecule has 1 fully saturated rings. The van der Waals surface area contributed by atoms with Gasteiger partial charge in [-0.2, -0.15) is 0 Å². The second kappa shape index (κ2) is 13.7. The Balaban J connectivity index is 0.00000420. The smallest absolute Gasteiger partial charge is 0.224 e. The molecule has 0 saturated heterocycles. The molecule has 1 aromatic rings. The molecule has 0 aliphatic heterocycles. The Labute approximate surface area is 190 Å². The molecule has 29 heavy (non-hydrogen) atoms. The maximum atomic E-state index is 13.2. The van der Waals surface area contributed by atoms with Crippen molar-refractivity contribution >= 4 is 35.8 Å². The fourth-order valence-electron chi connectivity index (χ4n) is 3.73. The van der Waals surface area contributed by atoms with E-state index in [1.54, 1.807) is 26.3 Å². The number of aliphatic imine (C=N–C) groups is 1.